The van der Waals surface area contributed by atoms with Gasteiger partial charge in [0.25, 0.3) is 0 Å². The van der Waals surface area contributed by atoms with Crippen molar-refractivity contribution < 1.29 is 0 Å². The number of aromatic nitrogens is 1. The van der Waals surface area contributed by atoms with E-state index in [-0.39, 0.29) is 0 Å². The van der Waals surface area contributed by atoms with E-state index in [2.05, 4.69) is 31.8 Å². The molecule has 1 fully saturated rings. The summed E-state index contributed by atoms with van der Waals surface area (Å²) in [4.78, 5) is 4.65. The van der Waals surface area contributed by atoms with Crippen LogP contribution in [-0.4, -0.2) is 4.98 Å². The van der Waals surface area contributed by atoms with Crippen LogP contribution in [0.5, 0.6) is 0 Å². The molecular formula is C16H27N. The van der Waals surface area contributed by atoms with Gasteiger partial charge in [-0.15, -0.1) is 0 Å². The molecule has 96 valence electrons. The fourth-order valence-corrected chi connectivity index (χ4v) is 2.67. The Morgan fingerprint density at radius 2 is 1.53 bits per heavy atom. The highest BCUT2D eigenvalue weighted by Gasteiger charge is 2.18. The normalized spacial score (nSPS) is 16.3. The van der Waals surface area contributed by atoms with Crippen molar-refractivity contribution >= 4 is 0 Å². The highest BCUT2D eigenvalue weighted by molar-refractivity contribution is 5.31. The molecule has 0 bridgehead atoms. The molecule has 1 heterocycles. The Bertz CT molecular complexity index is 349. The zero-order valence-electron chi connectivity index (χ0n) is 12.1. The van der Waals surface area contributed by atoms with Gasteiger partial charge in [-0.1, -0.05) is 39.2 Å². The van der Waals surface area contributed by atoms with Crippen molar-refractivity contribution in [3.63, 3.8) is 0 Å². The Morgan fingerprint density at radius 3 is 2.12 bits per heavy atom. The van der Waals surface area contributed by atoms with Crippen molar-refractivity contribution in [2.24, 2.45) is 0 Å². The van der Waals surface area contributed by atoms with Crippen molar-refractivity contribution in [2.75, 3.05) is 0 Å². The topological polar surface area (TPSA) is 12.9 Å². The second-order valence-electron chi connectivity index (χ2n) is 4.90. The van der Waals surface area contributed by atoms with Crippen LogP contribution in [0.3, 0.4) is 0 Å². The van der Waals surface area contributed by atoms with Crippen LogP contribution in [0.4, 0.5) is 0 Å². The van der Waals surface area contributed by atoms with Crippen LogP contribution in [-0.2, 0) is 0 Å². The number of hydrogen-bond acceptors (Lipinski definition) is 1. The first-order valence-electron chi connectivity index (χ1n) is 7.13. The fraction of sp³-hybridized carbons (Fsp3) is 0.688. The molecule has 0 atom stereocenters. The van der Waals surface area contributed by atoms with Gasteiger partial charge >= 0.3 is 0 Å². The van der Waals surface area contributed by atoms with Gasteiger partial charge in [-0.3, -0.25) is 4.98 Å². The first-order chi connectivity index (χ1) is 8.18. The largest absolute Gasteiger partial charge is 0.258 e. The average molecular weight is 233 g/mol. The molecule has 1 aliphatic carbocycles. The van der Waals surface area contributed by atoms with Gasteiger partial charge in [-0.05, 0) is 50.7 Å². The van der Waals surface area contributed by atoms with Gasteiger partial charge in [0.05, 0.1) is 0 Å². The minimum Gasteiger partial charge on any atom is -0.258 e. The molecule has 0 N–H and O–H groups in total. The van der Waals surface area contributed by atoms with Gasteiger partial charge in [0.15, 0.2) is 0 Å². The number of pyridine rings is 1. The molecule has 17 heavy (non-hydrogen) atoms. The van der Waals surface area contributed by atoms with Crippen molar-refractivity contribution in [1.82, 2.24) is 4.98 Å². The third kappa shape index (κ3) is 3.55. The van der Waals surface area contributed by atoms with Gasteiger partial charge < -0.3 is 0 Å². The summed E-state index contributed by atoms with van der Waals surface area (Å²) < 4.78 is 0. The zero-order chi connectivity index (χ0) is 12.8. The fourth-order valence-electron chi connectivity index (χ4n) is 2.67. The van der Waals surface area contributed by atoms with Crippen molar-refractivity contribution in [3.8, 4) is 0 Å². The summed E-state index contributed by atoms with van der Waals surface area (Å²) in [6.07, 6.45) is 6.96. The maximum Gasteiger partial charge on any atom is 0.0410 e. The van der Waals surface area contributed by atoms with Crippen molar-refractivity contribution in [3.05, 3.63) is 28.6 Å². The average Bonchev–Trinajstić information content (AvgIpc) is 2.37. The first-order valence-corrected chi connectivity index (χ1v) is 7.13. The first kappa shape index (κ1) is 14.2. The third-order valence-electron chi connectivity index (χ3n) is 3.74. The monoisotopic (exact) mass is 233 g/mol. The molecule has 0 unspecified atom stereocenters. The van der Waals surface area contributed by atoms with Crippen LogP contribution in [0, 0.1) is 20.8 Å². The van der Waals surface area contributed by atoms with E-state index in [9.17, 15) is 0 Å². The van der Waals surface area contributed by atoms with E-state index in [0.29, 0.717) is 0 Å². The summed E-state index contributed by atoms with van der Waals surface area (Å²) in [5.41, 5.74) is 5.30. The highest BCUT2D eigenvalue weighted by atomic mass is 14.7. The lowest BCUT2D eigenvalue weighted by Gasteiger charge is -2.23. The summed E-state index contributed by atoms with van der Waals surface area (Å²) in [5, 5.41) is 0. The van der Waals surface area contributed by atoms with E-state index in [1.165, 1.54) is 54.6 Å². The van der Waals surface area contributed by atoms with Crippen molar-refractivity contribution in [1.29, 1.82) is 0 Å². The van der Waals surface area contributed by atoms with E-state index in [1.807, 2.05) is 13.8 Å². The maximum atomic E-state index is 4.65. The SMILES string of the molecule is CC.Cc1cc(C2CCCCC2)c(C)nc1C. The Labute approximate surface area is 107 Å². The molecule has 1 heteroatoms. The molecule has 0 amide bonds. The summed E-state index contributed by atoms with van der Waals surface area (Å²) in [7, 11) is 0. The molecule has 0 spiro atoms. The second-order valence-corrected chi connectivity index (χ2v) is 4.90. The summed E-state index contributed by atoms with van der Waals surface area (Å²) in [5.74, 6) is 0.783. The molecule has 1 saturated carbocycles. The van der Waals surface area contributed by atoms with Gasteiger partial charge in [-0.2, -0.15) is 0 Å². The molecule has 0 aromatic carbocycles. The molecule has 0 aliphatic heterocycles. The summed E-state index contributed by atoms with van der Waals surface area (Å²) in [6.45, 7) is 10.4. The maximum absolute atomic E-state index is 4.65. The van der Waals surface area contributed by atoms with Crippen LogP contribution < -0.4 is 0 Å². The minimum absolute atomic E-state index is 0.783. The van der Waals surface area contributed by atoms with E-state index in [0.717, 1.165) is 5.92 Å². The van der Waals surface area contributed by atoms with Gasteiger partial charge in [0.1, 0.15) is 0 Å². The molecule has 1 nitrogen and oxygen atoms in total. The highest BCUT2D eigenvalue weighted by Crippen LogP contribution is 2.34. The van der Waals surface area contributed by atoms with E-state index < -0.39 is 0 Å². The molecule has 2 rings (SSSR count). The number of rotatable bonds is 1. The van der Waals surface area contributed by atoms with Gasteiger partial charge in [0.2, 0.25) is 0 Å². The van der Waals surface area contributed by atoms with E-state index >= 15 is 0 Å². The molecule has 0 radical (unpaired) electrons. The molecule has 1 aromatic heterocycles. The quantitative estimate of drug-likeness (QED) is 0.659. The zero-order valence-corrected chi connectivity index (χ0v) is 12.1. The smallest absolute Gasteiger partial charge is 0.0410 e. The molecule has 1 aliphatic rings. The van der Waals surface area contributed by atoms with Crippen LogP contribution in [0.1, 0.15) is 74.4 Å². The number of nitrogens with zero attached hydrogens (tertiary/aromatic N) is 1. The lowest BCUT2D eigenvalue weighted by atomic mass is 9.83. The minimum atomic E-state index is 0.783. The van der Waals surface area contributed by atoms with Crippen molar-refractivity contribution in [2.45, 2.75) is 72.6 Å². The predicted molar refractivity (Wildman–Crippen MR) is 75.6 cm³/mol. The molecule has 1 aromatic rings. The van der Waals surface area contributed by atoms with Gasteiger partial charge in [-0.25, -0.2) is 0 Å². The summed E-state index contributed by atoms with van der Waals surface area (Å²) in [6, 6.07) is 2.37. The van der Waals surface area contributed by atoms with Crippen LogP contribution in [0.15, 0.2) is 6.07 Å². The predicted octanol–water partition coefficient (Wildman–Crippen LogP) is 5.08. The summed E-state index contributed by atoms with van der Waals surface area (Å²) >= 11 is 0. The Balaban J connectivity index is 0.000000686. The standard InChI is InChI=1S/C14H21N.C2H6/c1-10-9-14(12(3)15-11(10)2)13-7-5-4-6-8-13;1-2/h9,13H,4-8H2,1-3H3;1-2H3. The number of hydrogen-bond donors (Lipinski definition) is 0. The number of aryl methyl sites for hydroxylation is 3. The Morgan fingerprint density at radius 1 is 0.941 bits per heavy atom. The third-order valence-corrected chi connectivity index (χ3v) is 3.74. The molecule has 0 saturated heterocycles. The second kappa shape index (κ2) is 6.78. The van der Waals surface area contributed by atoms with Crippen LogP contribution >= 0.6 is 0 Å². The van der Waals surface area contributed by atoms with E-state index in [4.69, 9.17) is 0 Å². The Hall–Kier alpha value is -0.850. The van der Waals surface area contributed by atoms with E-state index in [1.54, 1.807) is 0 Å². The Kier molecular flexibility index (Phi) is 5.67. The lowest BCUT2D eigenvalue weighted by Crippen LogP contribution is -2.08. The van der Waals surface area contributed by atoms with Crippen LogP contribution in [0.25, 0.3) is 0 Å². The lowest BCUT2D eigenvalue weighted by molar-refractivity contribution is 0.441. The van der Waals surface area contributed by atoms with Gasteiger partial charge in [0, 0.05) is 11.4 Å². The van der Waals surface area contributed by atoms with Crippen LogP contribution in [0.2, 0.25) is 0 Å². The molecular weight excluding hydrogens is 206 g/mol.